The largest absolute Gasteiger partial charge is 0.356 e. The maximum Gasteiger partial charge on any atom is 0.312 e. The van der Waals surface area contributed by atoms with E-state index in [9.17, 15) is 9.59 Å². The predicted molar refractivity (Wildman–Crippen MR) is 64.0 cm³/mol. The van der Waals surface area contributed by atoms with E-state index in [4.69, 9.17) is 5.73 Å². The number of carbonyl (C=O) groups excluding carboxylic acids is 2. The van der Waals surface area contributed by atoms with Gasteiger partial charge in [-0.1, -0.05) is 13.3 Å². The Bertz CT molecular complexity index is 207. The maximum absolute atomic E-state index is 11.2. The first-order chi connectivity index (χ1) is 7.66. The highest BCUT2D eigenvalue weighted by Gasteiger charge is 1.98. The number of hydrogen-bond acceptors (Lipinski definition) is 2. The van der Waals surface area contributed by atoms with E-state index in [1.54, 1.807) is 0 Å². The summed E-state index contributed by atoms with van der Waals surface area (Å²) in [5, 5.41) is 5.39. The average Bonchev–Trinajstić information content (AvgIpc) is 2.24. The van der Waals surface area contributed by atoms with E-state index in [1.807, 2.05) is 0 Å². The van der Waals surface area contributed by atoms with Crippen molar-refractivity contribution in [3.63, 3.8) is 0 Å². The molecule has 0 bridgehead atoms. The molecule has 0 aliphatic rings. The van der Waals surface area contributed by atoms with E-state index in [1.165, 1.54) is 0 Å². The van der Waals surface area contributed by atoms with Gasteiger partial charge in [-0.3, -0.25) is 4.79 Å². The minimum atomic E-state index is -0.479. The second-order valence-corrected chi connectivity index (χ2v) is 3.81. The van der Waals surface area contributed by atoms with Gasteiger partial charge in [0.25, 0.3) is 0 Å². The molecule has 0 unspecified atom stereocenters. The molecule has 3 amide bonds. The smallest absolute Gasteiger partial charge is 0.312 e. The normalized spacial score (nSPS) is 9.81. The van der Waals surface area contributed by atoms with Gasteiger partial charge in [0.05, 0.1) is 0 Å². The highest BCUT2D eigenvalue weighted by molar-refractivity contribution is 5.75. The van der Waals surface area contributed by atoms with Gasteiger partial charge in [0.15, 0.2) is 0 Å². The van der Waals surface area contributed by atoms with Crippen molar-refractivity contribution in [3.8, 4) is 0 Å². The molecule has 0 spiro atoms. The molecule has 5 heteroatoms. The van der Waals surface area contributed by atoms with Crippen LogP contribution >= 0.6 is 0 Å². The molecule has 5 nitrogen and oxygen atoms in total. The van der Waals surface area contributed by atoms with Gasteiger partial charge in [-0.2, -0.15) is 0 Å². The minimum absolute atomic E-state index is 0.136. The molecule has 0 atom stereocenters. The van der Waals surface area contributed by atoms with E-state index in [-0.39, 0.29) is 5.91 Å². The maximum atomic E-state index is 11.2. The lowest BCUT2D eigenvalue weighted by Crippen LogP contribution is -2.30. The van der Waals surface area contributed by atoms with Crippen molar-refractivity contribution >= 4 is 11.9 Å². The third-order valence-electron chi connectivity index (χ3n) is 2.23. The Morgan fingerprint density at radius 2 is 1.62 bits per heavy atom. The lowest BCUT2D eigenvalue weighted by Gasteiger charge is -2.04. The number of hydrogen-bond donors (Lipinski definition) is 3. The van der Waals surface area contributed by atoms with Gasteiger partial charge in [-0.15, -0.1) is 0 Å². The van der Waals surface area contributed by atoms with Crippen LogP contribution < -0.4 is 16.4 Å². The van der Waals surface area contributed by atoms with Gasteiger partial charge < -0.3 is 16.4 Å². The van der Waals surface area contributed by atoms with Crippen LogP contribution in [0, 0.1) is 0 Å². The summed E-state index contributed by atoms with van der Waals surface area (Å²) >= 11 is 0. The van der Waals surface area contributed by atoms with Crippen LogP contribution in [0.2, 0.25) is 0 Å². The van der Waals surface area contributed by atoms with E-state index in [0.29, 0.717) is 13.0 Å². The minimum Gasteiger partial charge on any atom is -0.356 e. The number of primary amides is 1. The van der Waals surface area contributed by atoms with Crippen molar-refractivity contribution in [2.75, 3.05) is 13.1 Å². The van der Waals surface area contributed by atoms with Gasteiger partial charge in [-0.25, -0.2) is 4.79 Å². The summed E-state index contributed by atoms with van der Waals surface area (Å²) in [6, 6.07) is -0.479. The molecule has 0 saturated carbocycles. The molecule has 0 heterocycles. The Kier molecular flexibility index (Phi) is 9.46. The molecule has 0 aromatic heterocycles. The molecule has 16 heavy (non-hydrogen) atoms. The van der Waals surface area contributed by atoms with Crippen molar-refractivity contribution in [2.24, 2.45) is 5.73 Å². The van der Waals surface area contributed by atoms with Crippen LogP contribution in [-0.4, -0.2) is 25.0 Å². The fraction of sp³-hybridized carbons (Fsp3) is 0.818. The monoisotopic (exact) mass is 229 g/mol. The van der Waals surface area contributed by atoms with Crippen molar-refractivity contribution in [1.29, 1.82) is 0 Å². The molecule has 4 N–H and O–H groups in total. The summed E-state index contributed by atoms with van der Waals surface area (Å²) in [4.78, 5) is 21.5. The van der Waals surface area contributed by atoms with Gasteiger partial charge in [0.1, 0.15) is 0 Å². The molecule has 0 radical (unpaired) electrons. The SMILES string of the molecule is CCCCC(=O)NCCCCCNC(N)=O. The van der Waals surface area contributed by atoms with E-state index >= 15 is 0 Å². The summed E-state index contributed by atoms with van der Waals surface area (Å²) < 4.78 is 0. The van der Waals surface area contributed by atoms with E-state index < -0.39 is 6.03 Å². The number of rotatable bonds is 9. The van der Waals surface area contributed by atoms with Crippen LogP contribution in [0.15, 0.2) is 0 Å². The first-order valence-corrected chi connectivity index (χ1v) is 5.96. The summed E-state index contributed by atoms with van der Waals surface area (Å²) in [5.74, 6) is 0.136. The third kappa shape index (κ3) is 10.8. The second-order valence-electron chi connectivity index (χ2n) is 3.81. The number of urea groups is 1. The number of amides is 3. The molecule has 94 valence electrons. The Labute approximate surface area is 97.2 Å². The van der Waals surface area contributed by atoms with Gasteiger partial charge in [-0.05, 0) is 25.7 Å². The van der Waals surface area contributed by atoms with Crippen LogP contribution in [0.1, 0.15) is 45.4 Å². The molecule has 0 aliphatic heterocycles. The van der Waals surface area contributed by atoms with Crippen molar-refractivity contribution in [3.05, 3.63) is 0 Å². The zero-order valence-corrected chi connectivity index (χ0v) is 10.1. The lowest BCUT2D eigenvalue weighted by molar-refractivity contribution is -0.121. The van der Waals surface area contributed by atoms with Crippen molar-refractivity contribution in [1.82, 2.24) is 10.6 Å². The summed E-state index contributed by atoms with van der Waals surface area (Å²) in [7, 11) is 0. The first-order valence-electron chi connectivity index (χ1n) is 5.96. The van der Waals surface area contributed by atoms with Crippen molar-refractivity contribution in [2.45, 2.75) is 45.4 Å². The van der Waals surface area contributed by atoms with Crippen LogP contribution in [0.4, 0.5) is 4.79 Å². The summed E-state index contributed by atoms with van der Waals surface area (Å²) in [6.07, 6.45) is 5.45. The zero-order valence-electron chi connectivity index (χ0n) is 10.1. The van der Waals surface area contributed by atoms with E-state index in [2.05, 4.69) is 17.6 Å². The van der Waals surface area contributed by atoms with Crippen LogP contribution in [0.3, 0.4) is 0 Å². The highest BCUT2D eigenvalue weighted by Crippen LogP contribution is 1.95. The Hall–Kier alpha value is -1.26. The fourth-order valence-corrected chi connectivity index (χ4v) is 1.29. The van der Waals surface area contributed by atoms with Gasteiger partial charge in [0, 0.05) is 19.5 Å². The number of unbranched alkanes of at least 4 members (excludes halogenated alkanes) is 3. The lowest BCUT2D eigenvalue weighted by atomic mass is 10.2. The first kappa shape index (κ1) is 14.7. The Morgan fingerprint density at radius 3 is 2.19 bits per heavy atom. The van der Waals surface area contributed by atoms with Crippen LogP contribution in [-0.2, 0) is 4.79 Å². The number of nitrogens with one attached hydrogen (secondary N) is 2. The van der Waals surface area contributed by atoms with E-state index in [0.717, 1.165) is 38.6 Å². The zero-order chi connectivity index (χ0) is 12.2. The Balaban J connectivity index is 3.14. The molecular weight excluding hydrogens is 206 g/mol. The van der Waals surface area contributed by atoms with Gasteiger partial charge in [0.2, 0.25) is 5.91 Å². The van der Waals surface area contributed by atoms with Crippen LogP contribution in [0.5, 0.6) is 0 Å². The standard InChI is InChI=1S/C11H23N3O2/c1-2-3-7-10(15)13-8-5-4-6-9-14-11(12)16/h2-9H2,1H3,(H,13,15)(H3,12,14,16). The molecule has 0 aromatic carbocycles. The number of carbonyl (C=O) groups is 2. The van der Waals surface area contributed by atoms with Gasteiger partial charge >= 0.3 is 6.03 Å². The fourth-order valence-electron chi connectivity index (χ4n) is 1.29. The third-order valence-corrected chi connectivity index (χ3v) is 2.23. The molecule has 0 rings (SSSR count). The predicted octanol–water partition coefficient (Wildman–Crippen LogP) is 1.13. The van der Waals surface area contributed by atoms with Crippen molar-refractivity contribution < 1.29 is 9.59 Å². The molecule has 0 fully saturated rings. The molecule has 0 saturated heterocycles. The summed E-state index contributed by atoms with van der Waals surface area (Å²) in [5.41, 5.74) is 4.91. The average molecular weight is 229 g/mol. The highest BCUT2D eigenvalue weighted by atomic mass is 16.2. The quantitative estimate of drug-likeness (QED) is 0.518. The topological polar surface area (TPSA) is 84.2 Å². The second kappa shape index (κ2) is 10.3. The summed E-state index contributed by atoms with van der Waals surface area (Å²) in [6.45, 7) is 3.40. The van der Waals surface area contributed by atoms with Crippen LogP contribution in [0.25, 0.3) is 0 Å². The molecular formula is C11H23N3O2. The Morgan fingerprint density at radius 1 is 1.00 bits per heavy atom. The molecule has 0 aromatic rings. The molecule has 0 aliphatic carbocycles. The number of nitrogens with two attached hydrogens (primary N) is 1.